The number of fused-ring (bicyclic) bond motifs is 1. The quantitative estimate of drug-likeness (QED) is 0.697. The summed E-state index contributed by atoms with van der Waals surface area (Å²) >= 11 is 0. The van der Waals surface area contributed by atoms with Crippen molar-refractivity contribution in [3.63, 3.8) is 0 Å². The van der Waals surface area contributed by atoms with E-state index in [2.05, 4.69) is 51.1 Å². The second kappa shape index (κ2) is 3.93. The Hall–Kier alpha value is -1.50. The molecule has 1 aromatic carbocycles. The monoisotopic (exact) mass is 200 g/mol. The highest BCUT2D eigenvalue weighted by atomic mass is 16.3. The Morgan fingerprint density at radius 3 is 2.80 bits per heavy atom. The summed E-state index contributed by atoms with van der Waals surface area (Å²) in [7, 11) is 0. The fourth-order valence-electron chi connectivity index (χ4n) is 1.74. The van der Waals surface area contributed by atoms with Gasteiger partial charge >= 0.3 is 0 Å². The van der Waals surface area contributed by atoms with Gasteiger partial charge in [0.05, 0.1) is 0 Å². The summed E-state index contributed by atoms with van der Waals surface area (Å²) in [6.07, 6.45) is 5.22. The van der Waals surface area contributed by atoms with Crippen LogP contribution in [-0.2, 0) is 0 Å². The molecule has 0 aliphatic rings. The van der Waals surface area contributed by atoms with Crippen LogP contribution in [0.3, 0.4) is 0 Å². The van der Waals surface area contributed by atoms with Gasteiger partial charge in [0, 0.05) is 10.9 Å². The summed E-state index contributed by atoms with van der Waals surface area (Å²) in [5, 5.41) is 1.22. The Morgan fingerprint density at radius 2 is 2.07 bits per heavy atom. The first-order valence-electron chi connectivity index (χ1n) is 5.38. The number of rotatable bonds is 2. The van der Waals surface area contributed by atoms with Crippen molar-refractivity contribution in [3.8, 4) is 0 Å². The van der Waals surface area contributed by atoms with Crippen LogP contribution in [-0.4, -0.2) is 0 Å². The lowest BCUT2D eigenvalue weighted by Crippen LogP contribution is -1.72. The lowest BCUT2D eigenvalue weighted by atomic mass is 10.1. The van der Waals surface area contributed by atoms with E-state index in [4.69, 9.17) is 4.42 Å². The predicted molar refractivity (Wildman–Crippen MR) is 65.0 cm³/mol. The van der Waals surface area contributed by atoms with Gasteiger partial charge in [0.25, 0.3) is 0 Å². The van der Waals surface area contributed by atoms with Gasteiger partial charge in [0.15, 0.2) is 0 Å². The molecule has 0 spiro atoms. The third kappa shape index (κ3) is 1.82. The average Bonchev–Trinajstić information content (AvgIpc) is 2.52. The molecular weight excluding hydrogens is 184 g/mol. The molecular formula is C14H16O. The zero-order valence-corrected chi connectivity index (χ0v) is 9.50. The van der Waals surface area contributed by atoms with E-state index in [-0.39, 0.29) is 0 Å². The largest absolute Gasteiger partial charge is 0.456 e. The summed E-state index contributed by atoms with van der Waals surface area (Å²) in [6.45, 7) is 6.31. The van der Waals surface area contributed by atoms with Crippen LogP contribution in [0.2, 0.25) is 0 Å². The number of furan rings is 1. The maximum Gasteiger partial charge on any atom is 0.135 e. The minimum absolute atomic E-state index is 0.984. The number of allylic oxidation sites excluding steroid dienone is 1. The van der Waals surface area contributed by atoms with Crippen LogP contribution in [0.25, 0.3) is 17.0 Å². The number of benzene rings is 1. The molecule has 0 saturated heterocycles. The number of aryl methyl sites for hydroxylation is 2. The van der Waals surface area contributed by atoms with Gasteiger partial charge in [-0.1, -0.05) is 25.1 Å². The second-order valence-corrected chi connectivity index (χ2v) is 3.90. The Bertz CT molecular complexity index is 503. The molecule has 0 amide bonds. The lowest BCUT2D eigenvalue weighted by Gasteiger charge is -1.90. The zero-order chi connectivity index (χ0) is 10.8. The number of hydrogen-bond donors (Lipinski definition) is 0. The maximum absolute atomic E-state index is 5.79. The van der Waals surface area contributed by atoms with Crippen LogP contribution in [0, 0.1) is 13.8 Å². The van der Waals surface area contributed by atoms with Gasteiger partial charge in [0.2, 0.25) is 0 Å². The molecule has 1 nitrogen and oxygen atoms in total. The first kappa shape index (κ1) is 10.0. The molecule has 0 N–H and O–H groups in total. The first-order chi connectivity index (χ1) is 7.22. The Kier molecular flexibility index (Phi) is 2.63. The Morgan fingerprint density at radius 1 is 1.27 bits per heavy atom. The van der Waals surface area contributed by atoms with Crippen LogP contribution in [0.5, 0.6) is 0 Å². The molecule has 0 unspecified atom stereocenters. The van der Waals surface area contributed by atoms with Crippen LogP contribution in [0.1, 0.15) is 30.2 Å². The van der Waals surface area contributed by atoms with Gasteiger partial charge in [0.1, 0.15) is 11.3 Å². The van der Waals surface area contributed by atoms with Crippen molar-refractivity contribution in [1.29, 1.82) is 0 Å². The van der Waals surface area contributed by atoms with Crippen LogP contribution >= 0.6 is 0 Å². The topological polar surface area (TPSA) is 13.1 Å². The molecule has 0 atom stereocenters. The molecule has 1 heterocycles. The molecule has 78 valence electrons. The predicted octanol–water partition coefficient (Wildman–Crippen LogP) is 4.47. The van der Waals surface area contributed by atoms with Crippen LogP contribution < -0.4 is 0 Å². The summed E-state index contributed by atoms with van der Waals surface area (Å²) < 4.78 is 5.79. The van der Waals surface area contributed by atoms with Crippen molar-refractivity contribution >= 4 is 17.0 Å². The highest BCUT2D eigenvalue weighted by Gasteiger charge is 2.07. The molecule has 1 heteroatoms. The van der Waals surface area contributed by atoms with E-state index in [9.17, 15) is 0 Å². The lowest BCUT2D eigenvalue weighted by molar-refractivity contribution is 0.600. The normalized spacial score (nSPS) is 11.7. The van der Waals surface area contributed by atoms with Gasteiger partial charge in [-0.3, -0.25) is 0 Å². The molecule has 0 saturated carbocycles. The minimum Gasteiger partial charge on any atom is -0.456 e. The van der Waals surface area contributed by atoms with Crippen molar-refractivity contribution in [2.45, 2.75) is 27.2 Å². The van der Waals surface area contributed by atoms with E-state index in [1.54, 1.807) is 0 Å². The molecule has 0 bridgehead atoms. The SMILES string of the molecule is CC/C=C\c1oc2cc(C)ccc2c1C. The molecule has 0 fully saturated rings. The third-order valence-corrected chi connectivity index (χ3v) is 2.64. The fraction of sp³-hybridized carbons (Fsp3) is 0.286. The standard InChI is InChI=1S/C14H16O/c1-4-5-6-13-11(3)12-8-7-10(2)9-14(12)15-13/h5-9H,4H2,1-3H3/b6-5-. The first-order valence-corrected chi connectivity index (χ1v) is 5.38. The van der Waals surface area contributed by atoms with E-state index < -0.39 is 0 Å². The fourth-order valence-corrected chi connectivity index (χ4v) is 1.74. The maximum atomic E-state index is 5.79. The zero-order valence-electron chi connectivity index (χ0n) is 9.50. The summed E-state index contributed by atoms with van der Waals surface area (Å²) in [4.78, 5) is 0. The van der Waals surface area contributed by atoms with E-state index in [1.165, 1.54) is 16.5 Å². The molecule has 2 rings (SSSR count). The van der Waals surface area contributed by atoms with Crippen molar-refractivity contribution < 1.29 is 4.42 Å². The van der Waals surface area contributed by atoms with Gasteiger partial charge in [-0.2, -0.15) is 0 Å². The van der Waals surface area contributed by atoms with E-state index in [0.717, 1.165) is 17.8 Å². The smallest absolute Gasteiger partial charge is 0.135 e. The van der Waals surface area contributed by atoms with Crippen LogP contribution in [0.15, 0.2) is 28.7 Å². The highest BCUT2D eigenvalue weighted by molar-refractivity contribution is 5.84. The molecule has 2 aromatic rings. The van der Waals surface area contributed by atoms with Crippen molar-refractivity contribution in [1.82, 2.24) is 0 Å². The Balaban J connectivity index is 2.58. The second-order valence-electron chi connectivity index (χ2n) is 3.90. The van der Waals surface area contributed by atoms with Gasteiger partial charge in [-0.25, -0.2) is 0 Å². The molecule has 15 heavy (non-hydrogen) atoms. The summed E-state index contributed by atoms with van der Waals surface area (Å²) in [5.41, 5.74) is 3.46. The van der Waals surface area contributed by atoms with E-state index in [1.807, 2.05) is 0 Å². The third-order valence-electron chi connectivity index (χ3n) is 2.64. The molecule has 0 radical (unpaired) electrons. The molecule has 0 aliphatic carbocycles. The molecule has 1 aromatic heterocycles. The summed E-state index contributed by atoms with van der Waals surface area (Å²) in [6, 6.07) is 6.34. The Labute approximate surface area is 90.4 Å². The number of hydrogen-bond acceptors (Lipinski definition) is 1. The summed E-state index contributed by atoms with van der Waals surface area (Å²) in [5.74, 6) is 0.984. The van der Waals surface area contributed by atoms with E-state index >= 15 is 0 Å². The molecule has 0 aliphatic heterocycles. The van der Waals surface area contributed by atoms with Gasteiger partial charge in [-0.15, -0.1) is 0 Å². The van der Waals surface area contributed by atoms with Crippen LogP contribution in [0.4, 0.5) is 0 Å². The average molecular weight is 200 g/mol. The van der Waals surface area contributed by atoms with Gasteiger partial charge < -0.3 is 4.42 Å². The minimum atomic E-state index is 0.984. The van der Waals surface area contributed by atoms with E-state index in [0.29, 0.717) is 0 Å². The van der Waals surface area contributed by atoms with Crippen molar-refractivity contribution in [2.24, 2.45) is 0 Å². The van der Waals surface area contributed by atoms with Crippen molar-refractivity contribution in [2.75, 3.05) is 0 Å². The highest BCUT2D eigenvalue weighted by Crippen LogP contribution is 2.26. The van der Waals surface area contributed by atoms with Crippen molar-refractivity contribution in [3.05, 3.63) is 41.2 Å². The van der Waals surface area contributed by atoms with Gasteiger partial charge in [-0.05, 0) is 38.0 Å².